The van der Waals surface area contributed by atoms with Crippen molar-refractivity contribution in [3.05, 3.63) is 47.5 Å². The van der Waals surface area contributed by atoms with Crippen LogP contribution in [0.2, 0.25) is 0 Å². The number of fused-ring (bicyclic) bond motifs is 1. The predicted octanol–water partition coefficient (Wildman–Crippen LogP) is 3.42. The predicted molar refractivity (Wildman–Crippen MR) is 101 cm³/mol. The second-order valence-electron chi connectivity index (χ2n) is 6.90. The highest BCUT2D eigenvalue weighted by Gasteiger charge is 2.42. The molecule has 4 rings (SSSR count). The Labute approximate surface area is 158 Å². The van der Waals surface area contributed by atoms with Gasteiger partial charge in [-0.05, 0) is 61.2 Å². The van der Waals surface area contributed by atoms with E-state index in [1.165, 1.54) is 0 Å². The number of hydrogen-bond donors (Lipinski definition) is 1. The maximum absolute atomic E-state index is 13.4. The van der Waals surface area contributed by atoms with Crippen molar-refractivity contribution in [3.8, 4) is 17.2 Å². The Morgan fingerprint density at radius 2 is 1.85 bits per heavy atom. The second kappa shape index (κ2) is 7.12. The van der Waals surface area contributed by atoms with Crippen molar-refractivity contribution in [1.29, 1.82) is 0 Å². The van der Waals surface area contributed by atoms with Crippen molar-refractivity contribution in [1.82, 2.24) is 0 Å². The normalized spacial score (nSPS) is 17.4. The molecule has 1 amide bonds. The van der Waals surface area contributed by atoms with Crippen LogP contribution in [0.5, 0.6) is 17.2 Å². The number of anilines is 1. The van der Waals surface area contributed by atoms with E-state index in [1.54, 1.807) is 7.11 Å². The quantitative estimate of drug-likeness (QED) is 0.895. The first-order chi connectivity index (χ1) is 13.1. The van der Waals surface area contributed by atoms with Crippen LogP contribution >= 0.6 is 0 Å². The van der Waals surface area contributed by atoms with Crippen LogP contribution in [0.3, 0.4) is 0 Å². The molecule has 0 radical (unpaired) electrons. The van der Waals surface area contributed by atoms with Gasteiger partial charge < -0.3 is 24.3 Å². The lowest BCUT2D eigenvalue weighted by atomic mass is 9.73. The van der Waals surface area contributed by atoms with Gasteiger partial charge in [0.25, 0.3) is 0 Å². The van der Waals surface area contributed by atoms with Gasteiger partial charge in [0.1, 0.15) is 5.75 Å². The number of amides is 1. The summed E-state index contributed by atoms with van der Waals surface area (Å²) in [5.74, 6) is 2.14. The maximum atomic E-state index is 13.4. The first-order valence-electron chi connectivity index (χ1n) is 9.06. The summed E-state index contributed by atoms with van der Waals surface area (Å²) in [4.78, 5) is 13.4. The van der Waals surface area contributed by atoms with E-state index in [1.807, 2.05) is 43.3 Å². The van der Waals surface area contributed by atoms with Crippen LogP contribution in [0.4, 0.5) is 5.69 Å². The molecule has 27 heavy (non-hydrogen) atoms. The summed E-state index contributed by atoms with van der Waals surface area (Å²) in [6.07, 6.45) is 1.24. The van der Waals surface area contributed by atoms with Crippen molar-refractivity contribution in [2.75, 3.05) is 32.4 Å². The Kier molecular flexibility index (Phi) is 4.66. The van der Waals surface area contributed by atoms with Crippen LogP contribution < -0.4 is 19.5 Å². The topological polar surface area (TPSA) is 66.0 Å². The molecule has 2 aromatic rings. The van der Waals surface area contributed by atoms with E-state index < -0.39 is 5.41 Å². The molecule has 142 valence electrons. The molecule has 2 aromatic carbocycles. The van der Waals surface area contributed by atoms with E-state index in [0.29, 0.717) is 37.6 Å². The third-order valence-electron chi connectivity index (χ3n) is 5.39. The summed E-state index contributed by atoms with van der Waals surface area (Å²) in [6, 6.07) is 11.4. The molecule has 2 aliphatic rings. The highest BCUT2D eigenvalue weighted by molar-refractivity contribution is 6.00. The Bertz CT molecular complexity index is 858. The molecule has 0 saturated carbocycles. The molecule has 6 nitrogen and oxygen atoms in total. The SMILES string of the molecule is COc1ccc(NC(=O)C2(c3ccc4c(c3)OCO4)CCOCC2)c(C)c1. The Morgan fingerprint density at radius 3 is 2.59 bits per heavy atom. The van der Waals surface area contributed by atoms with Crippen LogP contribution in [0.1, 0.15) is 24.0 Å². The number of hydrogen-bond acceptors (Lipinski definition) is 5. The first kappa shape index (κ1) is 17.7. The lowest BCUT2D eigenvalue weighted by Crippen LogP contribution is -2.45. The van der Waals surface area contributed by atoms with Crippen molar-refractivity contribution < 1.29 is 23.7 Å². The van der Waals surface area contributed by atoms with Crippen LogP contribution in [0, 0.1) is 6.92 Å². The fourth-order valence-electron chi connectivity index (χ4n) is 3.71. The fourth-order valence-corrected chi connectivity index (χ4v) is 3.71. The lowest BCUT2D eigenvalue weighted by molar-refractivity contribution is -0.125. The van der Waals surface area contributed by atoms with Crippen LogP contribution in [0.25, 0.3) is 0 Å². The van der Waals surface area contributed by atoms with Gasteiger partial charge in [0.05, 0.1) is 12.5 Å². The largest absolute Gasteiger partial charge is 0.497 e. The van der Waals surface area contributed by atoms with Crippen LogP contribution in [-0.2, 0) is 14.9 Å². The second-order valence-corrected chi connectivity index (χ2v) is 6.90. The number of nitrogens with one attached hydrogen (secondary N) is 1. The minimum atomic E-state index is -0.661. The number of ether oxygens (including phenoxy) is 4. The highest BCUT2D eigenvalue weighted by Crippen LogP contribution is 2.41. The standard InChI is InChI=1S/C21H23NO5/c1-14-11-16(24-2)4-5-17(14)22-20(23)21(7-9-25-10-8-21)15-3-6-18-19(12-15)27-13-26-18/h3-6,11-12H,7-10,13H2,1-2H3,(H,22,23). The van der Waals surface area contributed by atoms with Gasteiger partial charge in [-0.1, -0.05) is 6.07 Å². The van der Waals surface area contributed by atoms with Crippen molar-refractivity contribution in [3.63, 3.8) is 0 Å². The lowest BCUT2D eigenvalue weighted by Gasteiger charge is -2.36. The van der Waals surface area contributed by atoms with Gasteiger partial charge in [0, 0.05) is 18.9 Å². The maximum Gasteiger partial charge on any atom is 0.235 e. The van der Waals surface area contributed by atoms with Crippen molar-refractivity contribution >= 4 is 11.6 Å². The van der Waals surface area contributed by atoms with Crippen LogP contribution in [0.15, 0.2) is 36.4 Å². The van der Waals surface area contributed by atoms with Crippen molar-refractivity contribution in [2.24, 2.45) is 0 Å². The average molecular weight is 369 g/mol. The molecule has 2 heterocycles. The minimum Gasteiger partial charge on any atom is -0.497 e. The van der Waals surface area contributed by atoms with Gasteiger partial charge in [-0.25, -0.2) is 0 Å². The molecule has 0 aromatic heterocycles. The van der Waals surface area contributed by atoms with E-state index in [0.717, 1.165) is 22.6 Å². The number of carbonyl (C=O) groups is 1. The van der Waals surface area contributed by atoms with Gasteiger partial charge in [-0.2, -0.15) is 0 Å². The average Bonchev–Trinajstić information content (AvgIpc) is 3.17. The summed E-state index contributed by atoms with van der Waals surface area (Å²) in [7, 11) is 1.63. The molecule has 2 aliphatic heterocycles. The van der Waals surface area contributed by atoms with E-state index >= 15 is 0 Å². The van der Waals surface area contributed by atoms with Gasteiger partial charge in [-0.15, -0.1) is 0 Å². The summed E-state index contributed by atoms with van der Waals surface area (Å²) in [6.45, 7) is 3.26. The van der Waals surface area contributed by atoms with Crippen molar-refractivity contribution in [2.45, 2.75) is 25.2 Å². The van der Waals surface area contributed by atoms with Gasteiger partial charge >= 0.3 is 0 Å². The number of carbonyl (C=O) groups excluding carboxylic acids is 1. The summed E-state index contributed by atoms with van der Waals surface area (Å²) in [5.41, 5.74) is 2.01. The molecule has 0 atom stereocenters. The third kappa shape index (κ3) is 3.21. The molecule has 0 spiro atoms. The Hall–Kier alpha value is -2.73. The van der Waals surface area contributed by atoms with Gasteiger partial charge in [-0.3, -0.25) is 4.79 Å². The number of aryl methyl sites for hydroxylation is 1. The third-order valence-corrected chi connectivity index (χ3v) is 5.39. The number of rotatable bonds is 4. The number of benzene rings is 2. The molecule has 0 unspecified atom stereocenters. The minimum absolute atomic E-state index is 0.0297. The Balaban J connectivity index is 1.66. The molecular formula is C21H23NO5. The zero-order valence-electron chi connectivity index (χ0n) is 15.5. The molecule has 0 bridgehead atoms. The fraction of sp³-hybridized carbons (Fsp3) is 0.381. The number of methoxy groups -OCH3 is 1. The summed E-state index contributed by atoms with van der Waals surface area (Å²) >= 11 is 0. The highest BCUT2D eigenvalue weighted by atomic mass is 16.7. The van der Waals surface area contributed by atoms with Crippen LogP contribution in [-0.4, -0.2) is 33.0 Å². The van der Waals surface area contributed by atoms with Gasteiger partial charge in [0.2, 0.25) is 12.7 Å². The van der Waals surface area contributed by atoms with Gasteiger partial charge in [0.15, 0.2) is 11.5 Å². The summed E-state index contributed by atoms with van der Waals surface area (Å²) in [5, 5.41) is 3.12. The molecule has 0 aliphatic carbocycles. The smallest absolute Gasteiger partial charge is 0.235 e. The first-order valence-corrected chi connectivity index (χ1v) is 9.06. The van der Waals surface area contributed by atoms with E-state index in [9.17, 15) is 4.79 Å². The van der Waals surface area contributed by atoms with E-state index in [2.05, 4.69) is 5.32 Å². The van der Waals surface area contributed by atoms with E-state index in [4.69, 9.17) is 18.9 Å². The zero-order valence-corrected chi connectivity index (χ0v) is 15.5. The summed E-state index contributed by atoms with van der Waals surface area (Å²) < 4.78 is 21.7. The van der Waals surface area contributed by atoms with E-state index in [-0.39, 0.29) is 12.7 Å². The molecular weight excluding hydrogens is 346 g/mol. The zero-order chi connectivity index (χ0) is 18.9. The molecule has 6 heteroatoms. The monoisotopic (exact) mass is 369 g/mol. The Morgan fingerprint density at radius 1 is 1.07 bits per heavy atom. The molecule has 1 fully saturated rings. The molecule has 1 N–H and O–H groups in total. The molecule has 1 saturated heterocycles.